The Morgan fingerprint density at radius 1 is 1.04 bits per heavy atom. The van der Waals surface area contributed by atoms with Crippen LogP contribution in [0, 0.1) is 0 Å². The largest absolute Gasteiger partial charge is 0.497 e. The van der Waals surface area contributed by atoms with Crippen molar-refractivity contribution in [2.45, 2.75) is 4.90 Å². The van der Waals surface area contributed by atoms with Crippen LogP contribution in [-0.4, -0.2) is 32.7 Å². The van der Waals surface area contributed by atoms with Crippen LogP contribution in [0.5, 0.6) is 5.75 Å². The molecule has 0 aliphatic rings. The maximum absolute atomic E-state index is 12.4. The Bertz CT molecular complexity index is 1080. The summed E-state index contributed by atoms with van der Waals surface area (Å²) < 4.78 is 29.0. The number of hydrogen-bond acceptors (Lipinski definition) is 5. The molecule has 0 radical (unpaired) electrons. The molecule has 0 atom stereocenters. The van der Waals surface area contributed by atoms with Crippen molar-refractivity contribution in [2.75, 3.05) is 18.7 Å². The fourth-order valence-corrected chi connectivity index (χ4v) is 3.44. The summed E-state index contributed by atoms with van der Waals surface area (Å²) in [5.41, 5.74) is 2.04. The van der Waals surface area contributed by atoms with Crippen molar-refractivity contribution in [1.82, 2.24) is 4.98 Å². The van der Waals surface area contributed by atoms with Gasteiger partial charge in [0.1, 0.15) is 5.75 Å². The molecule has 27 heavy (non-hydrogen) atoms. The number of nitrogens with zero attached hydrogens (tertiary/aromatic N) is 1. The van der Waals surface area contributed by atoms with Crippen LogP contribution in [0.4, 0.5) is 5.69 Å². The van der Waals surface area contributed by atoms with Crippen LogP contribution in [-0.2, 0) is 9.84 Å². The molecule has 3 aromatic rings. The summed E-state index contributed by atoms with van der Waals surface area (Å²) in [7, 11) is -1.85. The van der Waals surface area contributed by atoms with E-state index in [2.05, 4.69) is 10.3 Å². The van der Waals surface area contributed by atoms with Crippen LogP contribution in [0.15, 0.2) is 71.8 Å². The minimum absolute atomic E-state index is 0.151. The van der Waals surface area contributed by atoms with Crippen molar-refractivity contribution < 1.29 is 17.9 Å². The molecule has 0 unspecified atom stereocenters. The molecule has 0 spiro atoms. The number of hydrogen-bond donors (Lipinski definition) is 1. The van der Waals surface area contributed by atoms with Crippen molar-refractivity contribution in [3.8, 4) is 17.0 Å². The number of carbonyl (C=O) groups excluding carboxylic acids is 1. The minimum atomic E-state index is -3.41. The molecule has 1 heterocycles. The van der Waals surface area contributed by atoms with Crippen molar-refractivity contribution in [2.24, 2.45) is 0 Å². The van der Waals surface area contributed by atoms with Crippen molar-refractivity contribution in [3.05, 3.63) is 72.4 Å². The molecular weight excluding hydrogens is 364 g/mol. The van der Waals surface area contributed by atoms with Gasteiger partial charge in [-0.25, -0.2) is 8.42 Å². The molecular formula is C20H18N2O4S. The molecule has 1 amide bonds. The third-order valence-electron chi connectivity index (χ3n) is 3.92. The molecule has 6 nitrogen and oxygen atoms in total. The van der Waals surface area contributed by atoms with Gasteiger partial charge < -0.3 is 10.1 Å². The zero-order valence-electron chi connectivity index (χ0n) is 14.8. The highest BCUT2D eigenvalue weighted by molar-refractivity contribution is 7.90. The fourth-order valence-electron chi connectivity index (χ4n) is 2.59. The summed E-state index contributed by atoms with van der Waals surface area (Å²) in [6.45, 7) is 0. The predicted molar refractivity (Wildman–Crippen MR) is 104 cm³/mol. The van der Waals surface area contributed by atoms with Gasteiger partial charge in [0, 0.05) is 35.3 Å². The standard InChI is InChI=1S/C20H18N2O4S/c1-26-17-6-3-5-16(13-17)22-20(23)15-10-8-14(9-11-15)19-18(27(2,24)25)7-4-12-21-19/h3-13H,1-2H3,(H,22,23). The van der Waals surface area contributed by atoms with Gasteiger partial charge in [-0.2, -0.15) is 0 Å². The monoisotopic (exact) mass is 382 g/mol. The van der Waals surface area contributed by atoms with Gasteiger partial charge in [-0.05, 0) is 36.4 Å². The second-order valence-electron chi connectivity index (χ2n) is 5.89. The molecule has 0 fully saturated rings. The second-order valence-corrected chi connectivity index (χ2v) is 7.87. The average molecular weight is 382 g/mol. The average Bonchev–Trinajstić information content (AvgIpc) is 2.67. The lowest BCUT2D eigenvalue weighted by Crippen LogP contribution is -2.11. The topological polar surface area (TPSA) is 85.4 Å². The SMILES string of the molecule is COc1cccc(NC(=O)c2ccc(-c3ncccc3S(C)(=O)=O)cc2)c1. The molecule has 0 bridgehead atoms. The number of sulfone groups is 1. The van der Waals surface area contributed by atoms with E-state index in [1.54, 1.807) is 61.7 Å². The summed E-state index contributed by atoms with van der Waals surface area (Å²) >= 11 is 0. The summed E-state index contributed by atoms with van der Waals surface area (Å²) in [5.74, 6) is 0.366. The Labute approximate surface area is 157 Å². The maximum Gasteiger partial charge on any atom is 0.255 e. The zero-order chi connectivity index (χ0) is 19.4. The molecule has 1 aromatic heterocycles. The Kier molecular flexibility index (Phi) is 5.23. The first-order chi connectivity index (χ1) is 12.9. The maximum atomic E-state index is 12.4. The molecule has 138 valence electrons. The van der Waals surface area contributed by atoms with E-state index in [-0.39, 0.29) is 10.8 Å². The van der Waals surface area contributed by atoms with Gasteiger partial charge in [0.05, 0.1) is 17.7 Å². The van der Waals surface area contributed by atoms with Gasteiger partial charge in [0.25, 0.3) is 5.91 Å². The lowest BCUT2D eigenvalue weighted by Gasteiger charge is -2.09. The van der Waals surface area contributed by atoms with Gasteiger partial charge in [-0.1, -0.05) is 18.2 Å². The first-order valence-electron chi connectivity index (χ1n) is 8.09. The molecule has 1 N–H and O–H groups in total. The number of rotatable bonds is 5. The van der Waals surface area contributed by atoms with Crippen LogP contribution in [0.1, 0.15) is 10.4 Å². The first kappa shape index (κ1) is 18.6. The normalized spacial score (nSPS) is 11.0. The van der Waals surface area contributed by atoms with Crippen molar-refractivity contribution in [1.29, 1.82) is 0 Å². The van der Waals surface area contributed by atoms with E-state index in [4.69, 9.17) is 4.74 Å². The summed E-state index contributed by atoms with van der Waals surface area (Å²) in [4.78, 5) is 16.8. The fraction of sp³-hybridized carbons (Fsp3) is 0.100. The Hall–Kier alpha value is -3.19. The third kappa shape index (κ3) is 4.32. The van der Waals surface area contributed by atoms with E-state index in [1.807, 2.05) is 0 Å². The quantitative estimate of drug-likeness (QED) is 0.731. The minimum Gasteiger partial charge on any atom is -0.497 e. The number of benzene rings is 2. The lowest BCUT2D eigenvalue weighted by atomic mass is 10.1. The highest BCUT2D eigenvalue weighted by Gasteiger charge is 2.16. The van der Waals surface area contributed by atoms with E-state index in [1.165, 1.54) is 12.3 Å². The number of carbonyl (C=O) groups is 1. The number of pyridine rings is 1. The predicted octanol–water partition coefficient (Wildman–Crippen LogP) is 3.41. The van der Waals surface area contributed by atoms with Gasteiger partial charge >= 0.3 is 0 Å². The number of nitrogens with one attached hydrogen (secondary N) is 1. The summed E-state index contributed by atoms with van der Waals surface area (Å²) in [6.07, 6.45) is 2.68. The lowest BCUT2D eigenvalue weighted by molar-refractivity contribution is 0.102. The highest BCUT2D eigenvalue weighted by Crippen LogP contribution is 2.25. The van der Waals surface area contributed by atoms with Gasteiger partial charge in [-0.15, -0.1) is 0 Å². The molecule has 0 saturated heterocycles. The third-order valence-corrected chi connectivity index (χ3v) is 5.05. The Balaban J connectivity index is 1.85. The Morgan fingerprint density at radius 3 is 2.44 bits per heavy atom. The molecule has 0 aliphatic heterocycles. The zero-order valence-corrected chi connectivity index (χ0v) is 15.7. The van der Waals surface area contributed by atoms with Crippen molar-refractivity contribution in [3.63, 3.8) is 0 Å². The molecule has 2 aromatic carbocycles. The van der Waals surface area contributed by atoms with Gasteiger partial charge in [0.2, 0.25) is 0 Å². The number of amides is 1. The summed E-state index contributed by atoms with van der Waals surface area (Å²) in [6, 6.07) is 16.8. The van der Waals surface area contributed by atoms with Crippen LogP contribution in [0.2, 0.25) is 0 Å². The first-order valence-corrected chi connectivity index (χ1v) is 9.98. The van der Waals surface area contributed by atoms with Gasteiger partial charge in [-0.3, -0.25) is 9.78 Å². The molecule has 3 rings (SSSR count). The van der Waals surface area contributed by atoms with Crippen LogP contribution in [0.3, 0.4) is 0 Å². The number of aromatic nitrogens is 1. The summed E-state index contributed by atoms with van der Waals surface area (Å²) in [5, 5.41) is 2.80. The second kappa shape index (κ2) is 7.59. The van der Waals surface area contributed by atoms with E-state index >= 15 is 0 Å². The van der Waals surface area contributed by atoms with E-state index in [0.29, 0.717) is 28.3 Å². The number of ether oxygens (including phenoxy) is 1. The molecule has 7 heteroatoms. The molecule has 0 saturated carbocycles. The van der Waals surface area contributed by atoms with E-state index in [9.17, 15) is 13.2 Å². The van der Waals surface area contributed by atoms with Gasteiger partial charge in [0.15, 0.2) is 9.84 Å². The number of anilines is 1. The Morgan fingerprint density at radius 2 is 1.78 bits per heavy atom. The number of methoxy groups -OCH3 is 1. The van der Waals surface area contributed by atoms with Crippen LogP contribution >= 0.6 is 0 Å². The van der Waals surface area contributed by atoms with Crippen molar-refractivity contribution >= 4 is 21.4 Å². The highest BCUT2D eigenvalue weighted by atomic mass is 32.2. The van der Waals surface area contributed by atoms with E-state index < -0.39 is 9.84 Å². The van der Waals surface area contributed by atoms with Crippen LogP contribution < -0.4 is 10.1 Å². The van der Waals surface area contributed by atoms with Crippen LogP contribution in [0.25, 0.3) is 11.3 Å². The molecule has 0 aliphatic carbocycles. The van der Waals surface area contributed by atoms with E-state index in [0.717, 1.165) is 6.26 Å². The smallest absolute Gasteiger partial charge is 0.255 e.